The van der Waals surface area contributed by atoms with E-state index in [1.165, 1.54) is 24.3 Å². The minimum atomic E-state index is -0.649. The van der Waals surface area contributed by atoms with Gasteiger partial charge in [-0.3, -0.25) is 10.1 Å². The fourth-order valence-corrected chi connectivity index (χ4v) is 2.17. The molecule has 0 fully saturated rings. The molecule has 2 aromatic carbocycles. The minimum absolute atomic E-state index is 0.0393. The Balaban J connectivity index is 2.27. The van der Waals surface area contributed by atoms with Crippen LogP contribution in [0.4, 0.5) is 5.69 Å². The summed E-state index contributed by atoms with van der Waals surface area (Å²) in [5.74, 6) is -0.0785. The van der Waals surface area contributed by atoms with E-state index in [1.807, 2.05) is 0 Å². The van der Waals surface area contributed by atoms with Crippen LogP contribution in [0.5, 0.6) is 11.5 Å². The molecule has 0 aromatic heterocycles. The first-order valence-electron chi connectivity index (χ1n) is 6.82. The molecule has 0 heterocycles. The highest BCUT2D eigenvalue weighted by Gasteiger charge is 2.17. The summed E-state index contributed by atoms with van der Waals surface area (Å²) < 4.78 is 10.6. The first-order chi connectivity index (χ1) is 10.9. The lowest BCUT2D eigenvalue weighted by molar-refractivity contribution is -0.385. The lowest BCUT2D eigenvalue weighted by Gasteiger charge is -2.10. The fraction of sp³-hybridized carbons (Fsp3) is 0.188. The minimum Gasteiger partial charge on any atom is -0.493 e. The van der Waals surface area contributed by atoms with E-state index < -0.39 is 10.9 Å². The quantitative estimate of drug-likeness (QED) is 0.354. The standard InChI is InChI=1S/C16H14ClNO5/c1-3-22-15-7-4-11(17)9-13(15)16(19)23-12-5-6-14(18(20)21)10(2)8-12/h4-9H,3H2,1-2H3. The van der Waals surface area contributed by atoms with Crippen molar-refractivity contribution in [3.63, 3.8) is 0 Å². The van der Waals surface area contributed by atoms with E-state index in [2.05, 4.69) is 0 Å². The second-order valence-electron chi connectivity index (χ2n) is 4.67. The molecule has 2 aromatic rings. The lowest BCUT2D eigenvalue weighted by Crippen LogP contribution is -2.11. The molecule has 0 aliphatic heterocycles. The number of aryl methyl sites for hydroxylation is 1. The van der Waals surface area contributed by atoms with Gasteiger partial charge in [-0.25, -0.2) is 4.79 Å². The Labute approximate surface area is 137 Å². The van der Waals surface area contributed by atoms with E-state index in [0.29, 0.717) is 22.9 Å². The zero-order chi connectivity index (χ0) is 17.0. The van der Waals surface area contributed by atoms with Gasteiger partial charge in [0.2, 0.25) is 0 Å². The van der Waals surface area contributed by atoms with Crippen molar-refractivity contribution in [2.45, 2.75) is 13.8 Å². The predicted molar refractivity (Wildman–Crippen MR) is 85.4 cm³/mol. The number of carbonyl (C=O) groups is 1. The number of nitro benzene ring substituents is 1. The maximum atomic E-state index is 12.3. The van der Waals surface area contributed by atoms with Crippen molar-refractivity contribution in [2.24, 2.45) is 0 Å². The van der Waals surface area contributed by atoms with Crippen LogP contribution < -0.4 is 9.47 Å². The van der Waals surface area contributed by atoms with Gasteiger partial charge in [0.25, 0.3) is 5.69 Å². The summed E-state index contributed by atoms with van der Waals surface area (Å²) in [7, 11) is 0. The van der Waals surface area contributed by atoms with Crippen LogP contribution >= 0.6 is 11.6 Å². The van der Waals surface area contributed by atoms with Gasteiger partial charge in [-0.15, -0.1) is 0 Å². The van der Waals surface area contributed by atoms with Crippen LogP contribution in [0.2, 0.25) is 5.02 Å². The molecule has 120 valence electrons. The lowest BCUT2D eigenvalue weighted by atomic mass is 10.2. The van der Waals surface area contributed by atoms with Gasteiger partial charge in [-0.1, -0.05) is 11.6 Å². The summed E-state index contributed by atoms with van der Waals surface area (Å²) in [6.45, 7) is 3.75. The topological polar surface area (TPSA) is 78.7 Å². The van der Waals surface area contributed by atoms with Crippen molar-refractivity contribution >= 4 is 23.3 Å². The number of carbonyl (C=O) groups excluding carboxylic acids is 1. The molecule has 7 heteroatoms. The highest BCUT2D eigenvalue weighted by Crippen LogP contribution is 2.27. The van der Waals surface area contributed by atoms with Crippen LogP contribution in [-0.4, -0.2) is 17.5 Å². The fourth-order valence-electron chi connectivity index (χ4n) is 2.00. The molecule has 0 atom stereocenters. The third kappa shape index (κ3) is 3.98. The zero-order valence-corrected chi connectivity index (χ0v) is 13.3. The number of nitrogens with zero attached hydrogens (tertiary/aromatic N) is 1. The number of rotatable bonds is 5. The maximum absolute atomic E-state index is 12.3. The average Bonchev–Trinajstić information content (AvgIpc) is 2.49. The van der Waals surface area contributed by atoms with E-state index in [9.17, 15) is 14.9 Å². The second kappa shape index (κ2) is 7.11. The van der Waals surface area contributed by atoms with Crippen LogP contribution in [0.3, 0.4) is 0 Å². The van der Waals surface area contributed by atoms with Crippen molar-refractivity contribution < 1.29 is 19.2 Å². The number of halogens is 1. The van der Waals surface area contributed by atoms with E-state index in [4.69, 9.17) is 21.1 Å². The summed E-state index contributed by atoms with van der Waals surface area (Å²) in [5.41, 5.74) is 0.550. The molecule has 0 saturated heterocycles. The van der Waals surface area contributed by atoms with Gasteiger partial charge in [0.1, 0.15) is 17.1 Å². The maximum Gasteiger partial charge on any atom is 0.347 e. The van der Waals surface area contributed by atoms with Gasteiger partial charge < -0.3 is 9.47 Å². The average molecular weight is 336 g/mol. The molecular formula is C16H14ClNO5. The number of nitro groups is 1. The number of hydrogen-bond acceptors (Lipinski definition) is 5. The summed E-state index contributed by atoms with van der Waals surface area (Å²) in [5, 5.41) is 11.2. The van der Waals surface area contributed by atoms with E-state index in [0.717, 1.165) is 0 Å². The molecule has 0 bridgehead atoms. The van der Waals surface area contributed by atoms with Crippen molar-refractivity contribution in [3.05, 3.63) is 62.7 Å². The van der Waals surface area contributed by atoms with Gasteiger partial charge in [-0.2, -0.15) is 0 Å². The van der Waals surface area contributed by atoms with Crippen molar-refractivity contribution in [1.29, 1.82) is 0 Å². The smallest absolute Gasteiger partial charge is 0.347 e. The van der Waals surface area contributed by atoms with Gasteiger partial charge in [0.05, 0.1) is 11.5 Å². The van der Waals surface area contributed by atoms with Gasteiger partial charge in [0, 0.05) is 16.7 Å². The predicted octanol–water partition coefficient (Wildman–Crippen LogP) is 4.17. The number of benzene rings is 2. The SMILES string of the molecule is CCOc1ccc(Cl)cc1C(=O)Oc1ccc([N+](=O)[O-])c(C)c1. The molecule has 23 heavy (non-hydrogen) atoms. The molecular weight excluding hydrogens is 322 g/mol. The second-order valence-corrected chi connectivity index (χ2v) is 5.10. The van der Waals surface area contributed by atoms with Crippen molar-refractivity contribution in [3.8, 4) is 11.5 Å². The molecule has 0 unspecified atom stereocenters. The van der Waals surface area contributed by atoms with E-state index in [1.54, 1.807) is 26.0 Å². The Hall–Kier alpha value is -2.60. The summed E-state index contributed by atoms with van der Waals surface area (Å²) >= 11 is 5.91. The molecule has 0 spiro atoms. The summed E-state index contributed by atoms with van der Waals surface area (Å²) in [4.78, 5) is 22.6. The van der Waals surface area contributed by atoms with Crippen LogP contribution in [-0.2, 0) is 0 Å². The Morgan fingerprint density at radius 2 is 2.00 bits per heavy atom. The first kappa shape index (κ1) is 16.8. The molecule has 0 N–H and O–H groups in total. The van der Waals surface area contributed by atoms with Gasteiger partial charge in [-0.05, 0) is 44.2 Å². The first-order valence-corrected chi connectivity index (χ1v) is 7.19. The monoisotopic (exact) mass is 335 g/mol. The van der Waals surface area contributed by atoms with Crippen LogP contribution in [0, 0.1) is 17.0 Å². The van der Waals surface area contributed by atoms with E-state index >= 15 is 0 Å². The van der Waals surface area contributed by atoms with Crippen molar-refractivity contribution in [2.75, 3.05) is 6.61 Å². The molecule has 0 saturated carbocycles. The summed E-state index contributed by atoms with van der Waals surface area (Å²) in [6, 6.07) is 8.74. The highest BCUT2D eigenvalue weighted by molar-refractivity contribution is 6.31. The van der Waals surface area contributed by atoms with Gasteiger partial charge in [0.15, 0.2) is 0 Å². The molecule has 0 radical (unpaired) electrons. The number of hydrogen-bond donors (Lipinski definition) is 0. The van der Waals surface area contributed by atoms with Crippen LogP contribution in [0.25, 0.3) is 0 Å². The zero-order valence-electron chi connectivity index (χ0n) is 12.5. The molecule has 0 aliphatic rings. The molecule has 6 nitrogen and oxygen atoms in total. The van der Waals surface area contributed by atoms with Gasteiger partial charge >= 0.3 is 5.97 Å². The largest absolute Gasteiger partial charge is 0.493 e. The third-order valence-corrected chi connectivity index (χ3v) is 3.27. The normalized spacial score (nSPS) is 10.2. The Morgan fingerprint density at radius 1 is 1.26 bits per heavy atom. The highest BCUT2D eigenvalue weighted by atomic mass is 35.5. The van der Waals surface area contributed by atoms with Crippen LogP contribution in [0.1, 0.15) is 22.8 Å². The third-order valence-electron chi connectivity index (χ3n) is 3.04. The van der Waals surface area contributed by atoms with E-state index in [-0.39, 0.29) is 17.0 Å². The number of ether oxygens (including phenoxy) is 2. The molecule has 0 amide bonds. The Kier molecular flexibility index (Phi) is 5.18. The number of esters is 1. The molecule has 0 aliphatic carbocycles. The Morgan fingerprint density at radius 3 is 2.61 bits per heavy atom. The van der Waals surface area contributed by atoms with Crippen LogP contribution in [0.15, 0.2) is 36.4 Å². The molecule has 2 rings (SSSR count). The summed E-state index contributed by atoms with van der Waals surface area (Å²) in [6.07, 6.45) is 0. The van der Waals surface area contributed by atoms with Crippen molar-refractivity contribution in [1.82, 2.24) is 0 Å². The Bertz CT molecular complexity index is 760.